The number of sulfonamides is 1. The summed E-state index contributed by atoms with van der Waals surface area (Å²) in [5, 5.41) is 3.41. The summed E-state index contributed by atoms with van der Waals surface area (Å²) >= 11 is 5.89. The van der Waals surface area contributed by atoms with Crippen LogP contribution in [0.2, 0.25) is 5.02 Å². The summed E-state index contributed by atoms with van der Waals surface area (Å²) in [6, 6.07) is 6.39. The number of rotatable bonds is 5. The zero-order valence-electron chi connectivity index (χ0n) is 14.3. The predicted molar refractivity (Wildman–Crippen MR) is 95.4 cm³/mol. The van der Waals surface area contributed by atoms with Crippen LogP contribution in [0, 0.1) is 11.8 Å². The van der Waals surface area contributed by atoms with Gasteiger partial charge in [-0.15, -0.1) is 0 Å². The highest BCUT2D eigenvalue weighted by Crippen LogP contribution is 2.25. The Bertz CT molecular complexity index is 683. The van der Waals surface area contributed by atoms with Crippen molar-refractivity contribution in [2.24, 2.45) is 11.8 Å². The SMILES string of the molecule is CC(C)[C@@H](C)NC(=O)C1CCN(S(=O)(=O)c2cccc(Cl)c2)CC1. The lowest BCUT2D eigenvalue weighted by molar-refractivity contribution is -0.127. The molecular formula is C17H25ClN2O3S. The molecule has 1 aromatic carbocycles. The van der Waals surface area contributed by atoms with E-state index in [1.807, 2.05) is 6.92 Å². The van der Waals surface area contributed by atoms with Crippen molar-refractivity contribution in [1.29, 1.82) is 0 Å². The molecule has 1 aliphatic heterocycles. The van der Waals surface area contributed by atoms with Gasteiger partial charge in [0, 0.05) is 30.1 Å². The van der Waals surface area contributed by atoms with E-state index in [1.165, 1.54) is 10.4 Å². The molecule has 1 N–H and O–H groups in total. The number of piperidine rings is 1. The molecule has 1 saturated heterocycles. The standard InChI is InChI=1S/C17H25ClN2O3S/c1-12(2)13(3)19-17(21)14-7-9-20(10-8-14)24(22,23)16-6-4-5-15(18)11-16/h4-6,11-14H,7-10H2,1-3H3,(H,19,21)/t13-/m1/s1. The van der Waals surface area contributed by atoms with Crippen molar-refractivity contribution in [3.05, 3.63) is 29.3 Å². The molecular weight excluding hydrogens is 348 g/mol. The molecule has 7 heteroatoms. The number of nitrogens with one attached hydrogen (secondary N) is 1. The van der Waals surface area contributed by atoms with Gasteiger partial charge in [-0.2, -0.15) is 4.31 Å². The minimum absolute atomic E-state index is 0.0241. The van der Waals surface area contributed by atoms with Gasteiger partial charge in [-0.25, -0.2) is 8.42 Å². The van der Waals surface area contributed by atoms with E-state index < -0.39 is 10.0 Å². The normalized spacial score (nSPS) is 18.5. The van der Waals surface area contributed by atoms with Crippen molar-refractivity contribution in [3.8, 4) is 0 Å². The number of nitrogens with zero attached hydrogens (tertiary/aromatic N) is 1. The van der Waals surface area contributed by atoms with Crippen LogP contribution >= 0.6 is 11.6 Å². The topological polar surface area (TPSA) is 66.5 Å². The largest absolute Gasteiger partial charge is 0.353 e. The Morgan fingerprint density at radius 1 is 1.25 bits per heavy atom. The molecule has 0 unspecified atom stereocenters. The van der Waals surface area contributed by atoms with E-state index in [1.54, 1.807) is 18.2 Å². The fourth-order valence-electron chi connectivity index (χ4n) is 2.64. The summed E-state index contributed by atoms with van der Waals surface area (Å²) in [7, 11) is -3.55. The molecule has 134 valence electrons. The molecule has 5 nitrogen and oxygen atoms in total. The van der Waals surface area contributed by atoms with E-state index in [0.29, 0.717) is 36.9 Å². The molecule has 1 aromatic rings. The molecule has 0 radical (unpaired) electrons. The van der Waals surface area contributed by atoms with Crippen LogP contribution in [0.4, 0.5) is 0 Å². The Morgan fingerprint density at radius 3 is 2.42 bits per heavy atom. The van der Waals surface area contributed by atoms with Crippen LogP contribution in [0.5, 0.6) is 0 Å². The number of benzene rings is 1. The summed E-state index contributed by atoms with van der Waals surface area (Å²) in [5.74, 6) is 0.269. The summed E-state index contributed by atoms with van der Waals surface area (Å²) in [6.07, 6.45) is 1.08. The highest BCUT2D eigenvalue weighted by Gasteiger charge is 2.32. The number of hydrogen-bond acceptors (Lipinski definition) is 3. The van der Waals surface area contributed by atoms with Crippen molar-refractivity contribution in [3.63, 3.8) is 0 Å². The highest BCUT2D eigenvalue weighted by molar-refractivity contribution is 7.89. The first-order valence-corrected chi connectivity index (χ1v) is 10.1. The zero-order chi connectivity index (χ0) is 17.9. The van der Waals surface area contributed by atoms with E-state index >= 15 is 0 Å². The van der Waals surface area contributed by atoms with Crippen LogP contribution in [0.1, 0.15) is 33.6 Å². The molecule has 0 saturated carbocycles. The molecule has 24 heavy (non-hydrogen) atoms. The van der Waals surface area contributed by atoms with E-state index in [4.69, 9.17) is 11.6 Å². The predicted octanol–water partition coefficient (Wildman–Crippen LogP) is 2.90. The third-order valence-corrected chi connectivity index (χ3v) is 6.76. The number of halogens is 1. The van der Waals surface area contributed by atoms with E-state index in [0.717, 1.165) is 0 Å². The Hall–Kier alpha value is -1.11. The van der Waals surface area contributed by atoms with E-state index in [9.17, 15) is 13.2 Å². The minimum atomic E-state index is -3.55. The molecule has 0 aliphatic carbocycles. The first-order chi connectivity index (χ1) is 11.2. The Morgan fingerprint density at radius 2 is 1.88 bits per heavy atom. The molecule has 1 atom stereocenters. The van der Waals surface area contributed by atoms with Gasteiger partial charge in [0.25, 0.3) is 0 Å². The maximum atomic E-state index is 12.6. The Kier molecular flexibility index (Phi) is 6.28. The third kappa shape index (κ3) is 4.49. The fraction of sp³-hybridized carbons (Fsp3) is 0.588. The number of amides is 1. The molecule has 2 rings (SSSR count). The Balaban J connectivity index is 1.98. The van der Waals surface area contributed by atoms with Gasteiger partial charge < -0.3 is 5.32 Å². The fourth-order valence-corrected chi connectivity index (χ4v) is 4.41. The van der Waals surface area contributed by atoms with Crippen LogP contribution in [-0.2, 0) is 14.8 Å². The van der Waals surface area contributed by atoms with Gasteiger partial charge in [0.05, 0.1) is 4.90 Å². The zero-order valence-corrected chi connectivity index (χ0v) is 15.9. The lowest BCUT2D eigenvalue weighted by Gasteiger charge is -2.31. The van der Waals surface area contributed by atoms with Gasteiger partial charge in [-0.05, 0) is 43.9 Å². The molecule has 0 aromatic heterocycles. The second-order valence-electron chi connectivity index (χ2n) is 6.68. The van der Waals surface area contributed by atoms with Crippen LogP contribution in [0.3, 0.4) is 0 Å². The second kappa shape index (κ2) is 7.85. The van der Waals surface area contributed by atoms with Gasteiger partial charge in [-0.1, -0.05) is 31.5 Å². The minimum Gasteiger partial charge on any atom is -0.353 e. The average molecular weight is 373 g/mol. The summed E-state index contributed by atoms with van der Waals surface area (Å²) in [5.41, 5.74) is 0. The maximum absolute atomic E-state index is 12.6. The van der Waals surface area contributed by atoms with Crippen molar-refractivity contribution in [2.45, 2.75) is 44.6 Å². The van der Waals surface area contributed by atoms with Gasteiger partial charge in [0.15, 0.2) is 0 Å². The van der Waals surface area contributed by atoms with Crippen LogP contribution in [0.25, 0.3) is 0 Å². The number of carbonyl (C=O) groups excluding carboxylic acids is 1. The molecule has 1 heterocycles. The van der Waals surface area contributed by atoms with Gasteiger partial charge >= 0.3 is 0 Å². The quantitative estimate of drug-likeness (QED) is 0.864. The number of carbonyl (C=O) groups is 1. The summed E-state index contributed by atoms with van der Waals surface area (Å²) in [6.45, 7) is 6.81. The maximum Gasteiger partial charge on any atom is 0.243 e. The molecule has 1 amide bonds. The molecule has 0 bridgehead atoms. The lowest BCUT2D eigenvalue weighted by Crippen LogP contribution is -2.45. The molecule has 1 fully saturated rings. The molecule has 0 spiro atoms. The van der Waals surface area contributed by atoms with Crippen LogP contribution in [0.15, 0.2) is 29.2 Å². The van der Waals surface area contributed by atoms with Crippen molar-refractivity contribution in [2.75, 3.05) is 13.1 Å². The van der Waals surface area contributed by atoms with Crippen molar-refractivity contribution >= 4 is 27.5 Å². The van der Waals surface area contributed by atoms with Crippen LogP contribution < -0.4 is 5.32 Å². The van der Waals surface area contributed by atoms with Gasteiger partial charge in [0.2, 0.25) is 15.9 Å². The van der Waals surface area contributed by atoms with Gasteiger partial charge in [-0.3, -0.25) is 4.79 Å². The van der Waals surface area contributed by atoms with Crippen molar-refractivity contribution < 1.29 is 13.2 Å². The summed E-state index contributed by atoms with van der Waals surface area (Å²) < 4.78 is 26.7. The first-order valence-electron chi connectivity index (χ1n) is 8.28. The lowest BCUT2D eigenvalue weighted by atomic mass is 9.96. The van der Waals surface area contributed by atoms with E-state index in [-0.39, 0.29) is 22.8 Å². The van der Waals surface area contributed by atoms with Crippen molar-refractivity contribution in [1.82, 2.24) is 9.62 Å². The molecule has 1 aliphatic rings. The number of hydrogen-bond donors (Lipinski definition) is 1. The third-order valence-electron chi connectivity index (χ3n) is 4.63. The van der Waals surface area contributed by atoms with Crippen LogP contribution in [-0.4, -0.2) is 37.8 Å². The second-order valence-corrected chi connectivity index (χ2v) is 9.05. The smallest absolute Gasteiger partial charge is 0.243 e. The monoisotopic (exact) mass is 372 g/mol. The summed E-state index contributed by atoms with van der Waals surface area (Å²) in [4.78, 5) is 12.5. The highest BCUT2D eigenvalue weighted by atomic mass is 35.5. The van der Waals surface area contributed by atoms with E-state index in [2.05, 4.69) is 19.2 Å². The van der Waals surface area contributed by atoms with Gasteiger partial charge in [0.1, 0.15) is 0 Å². The Labute approximate surface area is 149 Å². The average Bonchev–Trinajstić information content (AvgIpc) is 2.54. The first kappa shape index (κ1) is 19.2.